The Bertz CT molecular complexity index is 891. The minimum Gasteiger partial charge on any atom is -0.383 e. The Balaban J connectivity index is 2.69. The lowest BCUT2D eigenvalue weighted by molar-refractivity contribution is -0.142. The number of carbonyl (C=O) groups excluding carboxylic acids is 1. The van der Waals surface area contributed by atoms with Gasteiger partial charge in [0.1, 0.15) is 6.04 Å². The number of carbonyl (C=O) groups is 1. The van der Waals surface area contributed by atoms with Crippen molar-refractivity contribution >= 4 is 16.9 Å². The van der Waals surface area contributed by atoms with Crippen LogP contribution in [0.1, 0.15) is 29.8 Å². The number of rotatable bonds is 5. The fourth-order valence-corrected chi connectivity index (χ4v) is 2.57. The van der Waals surface area contributed by atoms with Crippen LogP contribution in [-0.2, 0) is 15.7 Å². The lowest BCUT2D eigenvalue weighted by Gasteiger charge is -2.20. The van der Waals surface area contributed by atoms with Gasteiger partial charge in [-0.05, 0) is 44.0 Å². The fraction of sp³-hybridized carbons (Fsp3) is 0.471. The summed E-state index contributed by atoms with van der Waals surface area (Å²) in [5.41, 5.74) is -1.18. The van der Waals surface area contributed by atoms with E-state index in [1.54, 1.807) is 19.9 Å². The Morgan fingerprint density at radius 2 is 1.92 bits per heavy atom. The largest absolute Gasteiger partial charge is 0.438 e. The van der Waals surface area contributed by atoms with Gasteiger partial charge in [-0.1, -0.05) is 0 Å². The van der Waals surface area contributed by atoms with Gasteiger partial charge in [0.15, 0.2) is 0 Å². The van der Waals surface area contributed by atoms with E-state index in [1.165, 1.54) is 20.1 Å². The van der Waals surface area contributed by atoms with Crippen molar-refractivity contribution in [2.75, 3.05) is 20.3 Å². The number of methoxy groups -OCH3 is 1. The second kappa shape index (κ2) is 7.45. The van der Waals surface area contributed by atoms with Gasteiger partial charge in [-0.25, -0.2) is 4.98 Å². The van der Waals surface area contributed by atoms with Crippen LogP contribution < -0.4 is 10.9 Å². The van der Waals surface area contributed by atoms with Crippen molar-refractivity contribution in [2.45, 2.75) is 33.0 Å². The highest BCUT2D eigenvalue weighted by atomic mass is 19.4. The van der Waals surface area contributed by atoms with Gasteiger partial charge in [-0.2, -0.15) is 13.2 Å². The summed E-state index contributed by atoms with van der Waals surface area (Å²) in [4.78, 5) is 28.3. The molecule has 2 aromatic rings. The van der Waals surface area contributed by atoms with Crippen LogP contribution in [-0.4, -0.2) is 35.7 Å². The molecule has 0 spiro atoms. The first kappa shape index (κ1) is 19.9. The summed E-state index contributed by atoms with van der Waals surface area (Å²) in [6, 6.07) is 1.90. The summed E-state index contributed by atoms with van der Waals surface area (Å²) in [7, 11) is 1.46. The van der Waals surface area contributed by atoms with Crippen molar-refractivity contribution < 1.29 is 22.7 Å². The van der Waals surface area contributed by atoms with Crippen LogP contribution in [0.25, 0.3) is 11.0 Å². The Hall–Kier alpha value is -2.42. The Morgan fingerprint density at radius 1 is 1.31 bits per heavy atom. The number of fused-ring (bicyclic) bond motifs is 1. The number of aromatic nitrogens is 2. The van der Waals surface area contributed by atoms with E-state index in [2.05, 4.69) is 10.3 Å². The summed E-state index contributed by atoms with van der Waals surface area (Å²) >= 11 is 0. The molecule has 1 heterocycles. The number of hydrogen-bond donors (Lipinski definition) is 1. The molecule has 0 radical (unpaired) electrons. The third-order valence-electron chi connectivity index (χ3n) is 4.14. The Morgan fingerprint density at radius 3 is 2.50 bits per heavy atom. The van der Waals surface area contributed by atoms with Gasteiger partial charge in [-0.3, -0.25) is 14.2 Å². The zero-order valence-corrected chi connectivity index (χ0v) is 14.9. The molecule has 0 fully saturated rings. The van der Waals surface area contributed by atoms with E-state index in [4.69, 9.17) is 4.74 Å². The number of benzene rings is 1. The maximum absolute atomic E-state index is 13.3. The zero-order valence-electron chi connectivity index (χ0n) is 14.9. The predicted molar refractivity (Wildman–Crippen MR) is 90.1 cm³/mol. The standard InChI is InChI=1S/C17H20F3N3O3/c1-9-7-12-13(8-10(9)2)23(11(3)15(24)21-5-6-26-4)16(25)14(22-12)17(18,19)20/h7-8,11H,5-6H2,1-4H3,(H,21,24)/t11-/m0/s1. The van der Waals surface area contributed by atoms with Gasteiger partial charge in [0.05, 0.1) is 17.6 Å². The van der Waals surface area contributed by atoms with E-state index in [0.717, 1.165) is 15.7 Å². The van der Waals surface area contributed by atoms with Gasteiger partial charge in [0, 0.05) is 13.7 Å². The van der Waals surface area contributed by atoms with Crippen LogP contribution in [0.15, 0.2) is 16.9 Å². The lowest BCUT2D eigenvalue weighted by Crippen LogP contribution is -2.40. The Kier molecular flexibility index (Phi) is 5.70. The van der Waals surface area contributed by atoms with Crippen molar-refractivity contribution in [1.82, 2.24) is 14.9 Å². The van der Waals surface area contributed by atoms with Crippen molar-refractivity contribution in [1.29, 1.82) is 0 Å². The second-order valence-corrected chi connectivity index (χ2v) is 6.02. The molecule has 0 unspecified atom stereocenters. The average Bonchev–Trinajstić information content (AvgIpc) is 2.54. The number of aryl methyl sites for hydroxylation is 2. The Labute approximate surface area is 148 Å². The van der Waals surface area contributed by atoms with Crippen LogP contribution >= 0.6 is 0 Å². The SMILES string of the molecule is COCCNC(=O)[C@H](C)n1c(=O)c(C(F)(F)F)nc2cc(C)c(C)cc21. The predicted octanol–water partition coefficient (Wildman–Crippen LogP) is 2.36. The molecule has 0 aliphatic rings. The molecular formula is C17H20F3N3O3. The molecule has 0 saturated heterocycles. The minimum absolute atomic E-state index is 0.0107. The van der Waals surface area contributed by atoms with E-state index < -0.39 is 29.4 Å². The summed E-state index contributed by atoms with van der Waals surface area (Å²) in [6.45, 7) is 5.31. The van der Waals surface area contributed by atoms with Gasteiger partial charge in [0.2, 0.25) is 11.6 Å². The van der Waals surface area contributed by atoms with Crippen LogP contribution in [0.2, 0.25) is 0 Å². The molecule has 0 aliphatic heterocycles. The first-order valence-corrected chi connectivity index (χ1v) is 7.95. The highest BCUT2D eigenvalue weighted by Crippen LogP contribution is 2.28. The number of halogens is 3. The molecule has 0 saturated carbocycles. The van der Waals surface area contributed by atoms with E-state index in [9.17, 15) is 22.8 Å². The molecule has 142 valence electrons. The van der Waals surface area contributed by atoms with Gasteiger partial charge < -0.3 is 10.1 Å². The van der Waals surface area contributed by atoms with Crippen LogP contribution in [0.5, 0.6) is 0 Å². The minimum atomic E-state index is -4.92. The van der Waals surface area contributed by atoms with E-state index in [1.807, 2.05) is 0 Å². The van der Waals surface area contributed by atoms with Gasteiger partial charge in [-0.15, -0.1) is 0 Å². The third kappa shape index (κ3) is 3.87. The third-order valence-corrected chi connectivity index (χ3v) is 4.14. The molecule has 1 N–H and O–H groups in total. The number of nitrogens with one attached hydrogen (secondary N) is 1. The molecule has 1 aromatic heterocycles. The van der Waals surface area contributed by atoms with E-state index in [0.29, 0.717) is 0 Å². The van der Waals surface area contributed by atoms with Crippen LogP contribution in [0.3, 0.4) is 0 Å². The summed E-state index contributed by atoms with van der Waals surface area (Å²) in [5, 5.41) is 2.53. The summed E-state index contributed by atoms with van der Waals surface area (Å²) in [6.07, 6.45) is -4.92. The van der Waals surface area contributed by atoms with Crippen molar-refractivity contribution in [2.24, 2.45) is 0 Å². The number of amides is 1. The van der Waals surface area contributed by atoms with Crippen molar-refractivity contribution in [3.63, 3.8) is 0 Å². The molecule has 9 heteroatoms. The maximum Gasteiger partial charge on any atom is 0.438 e. The van der Waals surface area contributed by atoms with E-state index in [-0.39, 0.29) is 24.2 Å². The number of ether oxygens (including phenoxy) is 1. The lowest BCUT2D eigenvalue weighted by atomic mass is 10.1. The molecule has 0 bridgehead atoms. The van der Waals surface area contributed by atoms with Crippen molar-refractivity contribution in [3.8, 4) is 0 Å². The van der Waals surface area contributed by atoms with E-state index >= 15 is 0 Å². The molecule has 1 amide bonds. The molecule has 0 aliphatic carbocycles. The molecule has 2 rings (SSSR count). The molecule has 26 heavy (non-hydrogen) atoms. The smallest absolute Gasteiger partial charge is 0.383 e. The average molecular weight is 371 g/mol. The highest BCUT2D eigenvalue weighted by molar-refractivity contribution is 5.84. The normalized spacial score (nSPS) is 13.0. The van der Waals surface area contributed by atoms with Crippen LogP contribution in [0, 0.1) is 13.8 Å². The molecule has 1 atom stereocenters. The number of alkyl halides is 3. The quantitative estimate of drug-likeness (QED) is 0.819. The summed E-state index contributed by atoms with van der Waals surface area (Å²) in [5.74, 6) is -0.581. The molecular weight excluding hydrogens is 351 g/mol. The van der Waals surface area contributed by atoms with Crippen LogP contribution in [0.4, 0.5) is 13.2 Å². The summed E-state index contributed by atoms with van der Waals surface area (Å²) < 4.78 is 45.4. The first-order valence-electron chi connectivity index (χ1n) is 7.95. The zero-order chi connectivity index (χ0) is 19.6. The monoisotopic (exact) mass is 371 g/mol. The number of hydrogen-bond acceptors (Lipinski definition) is 4. The topological polar surface area (TPSA) is 73.2 Å². The second-order valence-electron chi connectivity index (χ2n) is 6.02. The van der Waals surface area contributed by atoms with Gasteiger partial charge in [0.25, 0.3) is 5.56 Å². The first-order chi connectivity index (χ1) is 12.1. The molecule has 6 nitrogen and oxygen atoms in total. The fourth-order valence-electron chi connectivity index (χ4n) is 2.57. The maximum atomic E-state index is 13.3. The van der Waals surface area contributed by atoms with Crippen molar-refractivity contribution in [3.05, 3.63) is 39.3 Å². The number of nitrogens with zero attached hydrogens (tertiary/aromatic N) is 2. The van der Waals surface area contributed by atoms with Gasteiger partial charge >= 0.3 is 6.18 Å². The molecule has 1 aromatic carbocycles. The highest BCUT2D eigenvalue weighted by Gasteiger charge is 2.38.